The zero-order chi connectivity index (χ0) is 13.2. The van der Waals surface area contributed by atoms with Gasteiger partial charge in [-0.05, 0) is 42.5 Å². The van der Waals surface area contributed by atoms with Crippen molar-refractivity contribution in [1.82, 2.24) is 9.97 Å². The summed E-state index contributed by atoms with van der Waals surface area (Å²) in [5, 5.41) is 0.659. The van der Waals surface area contributed by atoms with Crippen LogP contribution in [0.4, 0.5) is 4.39 Å². The largest absolute Gasteiger partial charge is 0.486 e. The first-order valence-electron chi connectivity index (χ1n) is 5.73. The molecule has 0 bridgehead atoms. The van der Waals surface area contributed by atoms with Crippen LogP contribution in [0.15, 0.2) is 42.5 Å². The van der Waals surface area contributed by atoms with E-state index in [1.165, 1.54) is 12.1 Å². The minimum atomic E-state index is -0.290. The average Bonchev–Trinajstić information content (AvgIpc) is 2.80. The van der Waals surface area contributed by atoms with Gasteiger partial charge in [0.25, 0.3) is 0 Å². The molecule has 1 aromatic heterocycles. The van der Waals surface area contributed by atoms with Crippen molar-refractivity contribution < 1.29 is 9.13 Å². The summed E-state index contributed by atoms with van der Waals surface area (Å²) in [6, 6.07) is 11.5. The van der Waals surface area contributed by atoms with Crippen LogP contribution in [-0.2, 0) is 6.61 Å². The summed E-state index contributed by atoms with van der Waals surface area (Å²) in [5.74, 6) is 1.06. The van der Waals surface area contributed by atoms with E-state index in [0.29, 0.717) is 22.1 Å². The van der Waals surface area contributed by atoms with Gasteiger partial charge >= 0.3 is 0 Å². The van der Waals surface area contributed by atoms with Crippen LogP contribution in [0.2, 0.25) is 5.02 Å². The first-order valence-corrected chi connectivity index (χ1v) is 6.11. The maximum absolute atomic E-state index is 13.0. The molecule has 3 aromatic rings. The van der Waals surface area contributed by atoms with E-state index in [1.54, 1.807) is 30.3 Å². The van der Waals surface area contributed by atoms with Crippen LogP contribution >= 0.6 is 11.6 Å². The summed E-state index contributed by atoms with van der Waals surface area (Å²) in [5.41, 5.74) is 1.38. The van der Waals surface area contributed by atoms with Gasteiger partial charge in [0.05, 0.1) is 11.0 Å². The lowest BCUT2D eigenvalue weighted by molar-refractivity contribution is 0.297. The summed E-state index contributed by atoms with van der Waals surface area (Å²) < 4.78 is 18.6. The molecule has 96 valence electrons. The van der Waals surface area contributed by atoms with E-state index in [4.69, 9.17) is 16.3 Å². The highest BCUT2D eigenvalue weighted by molar-refractivity contribution is 6.30. The molecule has 0 fully saturated rings. The molecule has 0 amide bonds. The van der Waals surface area contributed by atoms with E-state index < -0.39 is 0 Å². The lowest BCUT2D eigenvalue weighted by Crippen LogP contribution is -1.97. The van der Waals surface area contributed by atoms with Crippen molar-refractivity contribution in [3.05, 3.63) is 59.1 Å². The number of benzene rings is 2. The SMILES string of the molecule is Fc1ccc2nc(COc3ccc(Cl)cc3)[nH]c2c1. The normalized spacial score (nSPS) is 10.8. The van der Waals surface area contributed by atoms with Crippen LogP contribution < -0.4 is 4.74 Å². The minimum absolute atomic E-state index is 0.290. The lowest BCUT2D eigenvalue weighted by atomic mass is 10.3. The van der Waals surface area contributed by atoms with Crippen molar-refractivity contribution >= 4 is 22.6 Å². The number of fused-ring (bicyclic) bond motifs is 1. The van der Waals surface area contributed by atoms with Crippen LogP contribution in [0.3, 0.4) is 0 Å². The van der Waals surface area contributed by atoms with E-state index in [2.05, 4.69) is 9.97 Å². The predicted molar refractivity (Wildman–Crippen MR) is 71.8 cm³/mol. The fourth-order valence-electron chi connectivity index (χ4n) is 1.79. The Bertz CT molecular complexity index is 709. The molecule has 1 N–H and O–H groups in total. The molecule has 0 saturated heterocycles. The summed E-state index contributed by atoms with van der Waals surface area (Å²) in [4.78, 5) is 7.33. The number of hydrogen-bond acceptors (Lipinski definition) is 2. The van der Waals surface area contributed by atoms with Gasteiger partial charge in [-0.3, -0.25) is 0 Å². The number of nitrogens with one attached hydrogen (secondary N) is 1. The van der Waals surface area contributed by atoms with Crippen molar-refractivity contribution in [3.8, 4) is 5.75 Å². The maximum Gasteiger partial charge on any atom is 0.146 e. The van der Waals surface area contributed by atoms with E-state index in [9.17, 15) is 4.39 Å². The molecule has 19 heavy (non-hydrogen) atoms. The topological polar surface area (TPSA) is 37.9 Å². The fourth-order valence-corrected chi connectivity index (χ4v) is 1.91. The molecule has 0 spiro atoms. The number of hydrogen-bond donors (Lipinski definition) is 1. The molecule has 0 saturated carbocycles. The quantitative estimate of drug-likeness (QED) is 0.787. The van der Waals surface area contributed by atoms with E-state index in [1.807, 2.05) is 0 Å². The Hall–Kier alpha value is -2.07. The molecule has 2 aromatic carbocycles. The summed E-state index contributed by atoms with van der Waals surface area (Å²) >= 11 is 5.79. The van der Waals surface area contributed by atoms with Gasteiger partial charge in [-0.15, -0.1) is 0 Å². The zero-order valence-electron chi connectivity index (χ0n) is 9.86. The Morgan fingerprint density at radius 2 is 1.95 bits per heavy atom. The van der Waals surface area contributed by atoms with Crippen molar-refractivity contribution in [2.75, 3.05) is 0 Å². The van der Waals surface area contributed by atoms with Crippen LogP contribution in [-0.4, -0.2) is 9.97 Å². The van der Waals surface area contributed by atoms with Gasteiger partial charge in [0, 0.05) is 5.02 Å². The van der Waals surface area contributed by atoms with Crippen LogP contribution in [0.5, 0.6) is 5.75 Å². The molecule has 3 nitrogen and oxygen atoms in total. The van der Waals surface area contributed by atoms with Gasteiger partial charge in [-0.25, -0.2) is 9.37 Å². The fraction of sp³-hybridized carbons (Fsp3) is 0.0714. The second kappa shape index (κ2) is 4.90. The molecule has 3 rings (SSSR count). The number of rotatable bonds is 3. The number of halogens is 2. The first kappa shape index (κ1) is 12.0. The lowest BCUT2D eigenvalue weighted by Gasteiger charge is -2.03. The Labute approximate surface area is 114 Å². The zero-order valence-corrected chi connectivity index (χ0v) is 10.6. The number of aromatic amines is 1. The molecule has 0 aliphatic carbocycles. The third kappa shape index (κ3) is 2.69. The third-order valence-electron chi connectivity index (χ3n) is 2.68. The number of nitrogens with zero attached hydrogens (tertiary/aromatic N) is 1. The molecule has 1 heterocycles. The predicted octanol–water partition coefficient (Wildman–Crippen LogP) is 3.93. The molecule has 0 aliphatic heterocycles. The van der Waals surface area contributed by atoms with Gasteiger partial charge < -0.3 is 9.72 Å². The second-order valence-corrected chi connectivity index (χ2v) is 4.52. The number of H-pyrrole nitrogens is 1. The van der Waals surface area contributed by atoms with Gasteiger partial charge in [-0.2, -0.15) is 0 Å². The Morgan fingerprint density at radius 1 is 1.16 bits per heavy atom. The minimum Gasteiger partial charge on any atom is -0.486 e. The van der Waals surface area contributed by atoms with Crippen LogP contribution in [0.1, 0.15) is 5.82 Å². The Morgan fingerprint density at radius 3 is 2.74 bits per heavy atom. The smallest absolute Gasteiger partial charge is 0.146 e. The van der Waals surface area contributed by atoms with Gasteiger partial charge in [0.1, 0.15) is 24.0 Å². The highest BCUT2D eigenvalue weighted by Crippen LogP contribution is 2.18. The summed E-state index contributed by atoms with van der Waals surface area (Å²) in [6.45, 7) is 0.290. The highest BCUT2D eigenvalue weighted by Gasteiger charge is 2.04. The van der Waals surface area contributed by atoms with E-state index in [-0.39, 0.29) is 12.4 Å². The van der Waals surface area contributed by atoms with Crippen molar-refractivity contribution in [2.24, 2.45) is 0 Å². The molecule has 0 atom stereocenters. The molecule has 0 unspecified atom stereocenters. The number of ether oxygens (including phenoxy) is 1. The first-order chi connectivity index (χ1) is 9.20. The molecular formula is C14H10ClFN2O. The second-order valence-electron chi connectivity index (χ2n) is 4.09. The Kier molecular flexibility index (Phi) is 3.09. The molecule has 0 aliphatic rings. The highest BCUT2D eigenvalue weighted by atomic mass is 35.5. The van der Waals surface area contributed by atoms with Crippen LogP contribution in [0, 0.1) is 5.82 Å². The van der Waals surface area contributed by atoms with Crippen LogP contribution in [0.25, 0.3) is 11.0 Å². The van der Waals surface area contributed by atoms with Gasteiger partial charge in [-0.1, -0.05) is 11.6 Å². The number of imidazole rings is 1. The summed E-state index contributed by atoms with van der Waals surface area (Å²) in [6.07, 6.45) is 0. The van der Waals surface area contributed by atoms with Crippen molar-refractivity contribution in [1.29, 1.82) is 0 Å². The standard InChI is InChI=1S/C14H10ClFN2O/c15-9-1-4-11(5-2-9)19-8-14-17-12-6-3-10(16)7-13(12)18-14/h1-7H,8H2,(H,17,18). The molecule has 0 radical (unpaired) electrons. The van der Waals surface area contributed by atoms with Gasteiger partial charge in [0.15, 0.2) is 0 Å². The average molecular weight is 277 g/mol. The number of aromatic nitrogens is 2. The summed E-state index contributed by atoms with van der Waals surface area (Å²) in [7, 11) is 0. The van der Waals surface area contributed by atoms with E-state index >= 15 is 0 Å². The third-order valence-corrected chi connectivity index (χ3v) is 2.93. The molecular weight excluding hydrogens is 267 g/mol. The monoisotopic (exact) mass is 276 g/mol. The van der Waals surface area contributed by atoms with Crippen molar-refractivity contribution in [2.45, 2.75) is 6.61 Å². The maximum atomic E-state index is 13.0. The molecule has 5 heteroatoms. The Balaban J connectivity index is 1.76. The van der Waals surface area contributed by atoms with Gasteiger partial charge in [0.2, 0.25) is 0 Å². The van der Waals surface area contributed by atoms with Crippen molar-refractivity contribution in [3.63, 3.8) is 0 Å². The van der Waals surface area contributed by atoms with E-state index in [0.717, 1.165) is 5.52 Å².